The highest BCUT2D eigenvalue weighted by Gasteiger charge is 2.22. The number of nitrogens with zero attached hydrogens (tertiary/aromatic N) is 3. The fourth-order valence-corrected chi connectivity index (χ4v) is 3.17. The molecule has 0 spiro atoms. The Hall–Kier alpha value is -2.55. The molecule has 1 atom stereocenters. The Kier molecular flexibility index (Phi) is 6.91. The predicted octanol–water partition coefficient (Wildman–Crippen LogP) is 3.16. The van der Waals surface area contributed by atoms with Crippen molar-refractivity contribution in [3.05, 3.63) is 78.1 Å². The molecule has 0 fully saturated rings. The molecule has 1 aromatic heterocycles. The lowest BCUT2D eigenvalue weighted by atomic mass is 10.1. The maximum absolute atomic E-state index is 5.96. The van der Waals surface area contributed by atoms with Gasteiger partial charge in [0.05, 0.1) is 12.2 Å². The summed E-state index contributed by atoms with van der Waals surface area (Å²) in [6.45, 7) is 1.41. The molecule has 0 saturated heterocycles. The third kappa shape index (κ3) is 4.83. The molecule has 1 aliphatic heterocycles. The Bertz CT molecular complexity index is 884. The van der Waals surface area contributed by atoms with Crippen LogP contribution in [0.1, 0.15) is 11.1 Å². The van der Waals surface area contributed by atoms with Gasteiger partial charge in [-0.1, -0.05) is 30.3 Å². The van der Waals surface area contributed by atoms with Gasteiger partial charge in [0.2, 0.25) is 0 Å². The van der Waals surface area contributed by atoms with Crippen molar-refractivity contribution < 1.29 is 4.74 Å². The maximum atomic E-state index is 5.96. The summed E-state index contributed by atoms with van der Waals surface area (Å²) < 4.78 is 7.80. The lowest BCUT2D eigenvalue weighted by Crippen LogP contribution is -2.41. The van der Waals surface area contributed by atoms with Gasteiger partial charge in [-0.05, 0) is 35.4 Å². The van der Waals surface area contributed by atoms with Crippen LogP contribution in [-0.2, 0) is 13.0 Å². The second kappa shape index (κ2) is 9.59. The standard InChI is InChI=1S/C21H23N5O.HI/c1-22-21(24-15-19-13-17-5-2-3-6-20(17)27-19)23-14-16-7-9-18(10-8-16)26-12-4-11-25-26;/h2-12,19H,13-15H2,1H3,(H2,22,23,24);1H. The molecule has 2 N–H and O–H groups in total. The molecule has 0 radical (unpaired) electrons. The topological polar surface area (TPSA) is 63.5 Å². The van der Waals surface area contributed by atoms with Crippen LogP contribution in [-0.4, -0.2) is 35.4 Å². The molecule has 2 aromatic carbocycles. The first-order chi connectivity index (χ1) is 13.3. The average Bonchev–Trinajstić information content (AvgIpc) is 3.38. The Labute approximate surface area is 182 Å². The molecule has 4 rings (SSSR count). The molecule has 1 aliphatic rings. The van der Waals surface area contributed by atoms with Crippen molar-refractivity contribution in [3.8, 4) is 11.4 Å². The summed E-state index contributed by atoms with van der Waals surface area (Å²) in [5, 5.41) is 10.9. The predicted molar refractivity (Wildman–Crippen MR) is 122 cm³/mol. The Morgan fingerprint density at radius 2 is 1.96 bits per heavy atom. The van der Waals surface area contributed by atoms with Crippen LogP contribution in [0.4, 0.5) is 0 Å². The Morgan fingerprint density at radius 3 is 2.68 bits per heavy atom. The highest BCUT2D eigenvalue weighted by molar-refractivity contribution is 14.0. The third-order valence-electron chi connectivity index (χ3n) is 4.60. The maximum Gasteiger partial charge on any atom is 0.191 e. The summed E-state index contributed by atoms with van der Waals surface area (Å²) in [5.41, 5.74) is 3.49. The fourth-order valence-electron chi connectivity index (χ4n) is 3.17. The zero-order chi connectivity index (χ0) is 18.5. The minimum absolute atomic E-state index is 0. The molecule has 7 heteroatoms. The van der Waals surface area contributed by atoms with Gasteiger partial charge in [-0.25, -0.2) is 4.68 Å². The minimum Gasteiger partial charge on any atom is -0.488 e. The molecular weight excluding hydrogens is 465 g/mol. The molecule has 0 aliphatic carbocycles. The largest absolute Gasteiger partial charge is 0.488 e. The number of halogens is 1. The first-order valence-electron chi connectivity index (χ1n) is 9.10. The van der Waals surface area contributed by atoms with Crippen molar-refractivity contribution in [3.63, 3.8) is 0 Å². The zero-order valence-electron chi connectivity index (χ0n) is 15.7. The van der Waals surface area contributed by atoms with Crippen LogP contribution in [0.15, 0.2) is 72.0 Å². The van der Waals surface area contributed by atoms with E-state index in [4.69, 9.17) is 4.74 Å². The molecule has 28 heavy (non-hydrogen) atoms. The van der Waals surface area contributed by atoms with E-state index in [0.717, 1.165) is 23.8 Å². The third-order valence-corrected chi connectivity index (χ3v) is 4.60. The van der Waals surface area contributed by atoms with Gasteiger partial charge in [-0.3, -0.25) is 4.99 Å². The quantitative estimate of drug-likeness (QED) is 0.329. The number of rotatable bonds is 5. The molecule has 146 valence electrons. The fraction of sp³-hybridized carbons (Fsp3) is 0.238. The average molecular weight is 489 g/mol. The van der Waals surface area contributed by atoms with E-state index in [1.54, 1.807) is 13.2 Å². The van der Waals surface area contributed by atoms with E-state index in [9.17, 15) is 0 Å². The van der Waals surface area contributed by atoms with Gasteiger partial charge in [0.15, 0.2) is 5.96 Å². The molecular formula is C21H24IN5O. The van der Waals surface area contributed by atoms with E-state index in [0.29, 0.717) is 13.1 Å². The van der Waals surface area contributed by atoms with Gasteiger partial charge >= 0.3 is 0 Å². The molecule has 0 amide bonds. The highest BCUT2D eigenvalue weighted by Crippen LogP contribution is 2.27. The molecule has 2 heterocycles. The van der Waals surface area contributed by atoms with Crippen LogP contribution in [0, 0.1) is 0 Å². The van der Waals surface area contributed by atoms with Crippen LogP contribution in [0.2, 0.25) is 0 Å². The molecule has 3 aromatic rings. The van der Waals surface area contributed by atoms with Crippen molar-refractivity contribution >= 4 is 29.9 Å². The van der Waals surface area contributed by atoms with Crippen LogP contribution < -0.4 is 15.4 Å². The number of hydrogen-bond donors (Lipinski definition) is 2. The lowest BCUT2D eigenvalue weighted by molar-refractivity contribution is 0.235. The first-order valence-corrected chi connectivity index (χ1v) is 9.10. The van der Waals surface area contributed by atoms with Crippen LogP contribution >= 0.6 is 24.0 Å². The summed E-state index contributed by atoms with van der Waals surface area (Å²) in [4.78, 5) is 4.30. The van der Waals surface area contributed by atoms with Gasteiger partial charge in [0.25, 0.3) is 0 Å². The number of nitrogens with one attached hydrogen (secondary N) is 2. The van der Waals surface area contributed by atoms with Gasteiger partial charge in [0.1, 0.15) is 11.9 Å². The van der Waals surface area contributed by atoms with E-state index < -0.39 is 0 Å². The van der Waals surface area contributed by atoms with Crippen molar-refractivity contribution in [2.24, 2.45) is 4.99 Å². The van der Waals surface area contributed by atoms with Crippen molar-refractivity contribution in [1.29, 1.82) is 0 Å². The second-order valence-corrected chi connectivity index (χ2v) is 6.48. The Morgan fingerprint density at radius 1 is 1.14 bits per heavy atom. The Balaban J connectivity index is 0.00000225. The number of aromatic nitrogens is 2. The van der Waals surface area contributed by atoms with Gasteiger partial charge in [0, 0.05) is 32.4 Å². The van der Waals surface area contributed by atoms with Crippen LogP contribution in [0.3, 0.4) is 0 Å². The SMILES string of the molecule is CN=C(NCc1ccc(-n2cccn2)cc1)NCC1Cc2ccccc2O1.I. The summed E-state index contributed by atoms with van der Waals surface area (Å²) in [5.74, 6) is 1.76. The van der Waals surface area contributed by atoms with E-state index in [2.05, 4.69) is 57.1 Å². The van der Waals surface area contributed by atoms with E-state index in [1.165, 1.54) is 11.1 Å². The number of ether oxygens (including phenoxy) is 1. The van der Waals surface area contributed by atoms with Crippen molar-refractivity contribution in [2.45, 2.75) is 19.1 Å². The smallest absolute Gasteiger partial charge is 0.191 e. The van der Waals surface area contributed by atoms with Gasteiger partial charge in [-0.2, -0.15) is 5.10 Å². The van der Waals surface area contributed by atoms with Gasteiger partial charge in [-0.15, -0.1) is 24.0 Å². The van der Waals surface area contributed by atoms with E-state index in [-0.39, 0.29) is 30.1 Å². The minimum atomic E-state index is 0. The number of guanidine groups is 1. The highest BCUT2D eigenvalue weighted by atomic mass is 127. The number of hydrogen-bond acceptors (Lipinski definition) is 3. The number of fused-ring (bicyclic) bond motifs is 1. The zero-order valence-corrected chi connectivity index (χ0v) is 18.0. The first kappa shape index (κ1) is 20.2. The van der Waals surface area contributed by atoms with Gasteiger partial charge < -0.3 is 15.4 Å². The number of para-hydroxylation sites is 1. The monoisotopic (exact) mass is 489 g/mol. The van der Waals surface area contributed by atoms with E-state index in [1.807, 2.05) is 29.1 Å². The van der Waals surface area contributed by atoms with E-state index >= 15 is 0 Å². The summed E-state index contributed by atoms with van der Waals surface area (Å²) in [6, 6.07) is 18.4. The van der Waals surface area contributed by atoms with Crippen LogP contribution in [0.5, 0.6) is 5.75 Å². The van der Waals surface area contributed by atoms with Crippen molar-refractivity contribution in [1.82, 2.24) is 20.4 Å². The number of benzene rings is 2. The van der Waals surface area contributed by atoms with Crippen molar-refractivity contribution in [2.75, 3.05) is 13.6 Å². The normalized spacial score (nSPS) is 15.3. The molecule has 6 nitrogen and oxygen atoms in total. The molecule has 0 bridgehead atoms. The second-order valence-electron chi connectivity index (χ2n) is 6.48. The lowest BCUT2D eigenvalue weighted by Gasteiger charge is -2.15. The summed E-state index contributed by atoms with van der Waals surface area (Å²) >= 11 is 0. The summed E-state index contributed by atoms with van der Waals surface area (Å²) in [6.07, 6.45) is 4.77. The molecule has 0 saturated carbocycles. The number of aliphatic imine (C=N–C) groups is 1. The van der Waals surface area contributed by atoms with Crippen LogP contribution in [0.25, 0.3) is 5.69 Å². The summed E-state index contributed by atoms with van der Waals surface area (Å²) in [7, 11) is 1.78. The molecule has 1 unspecified atom stereocenters.